The van der Waals surface area contributed by atoms with Gasteiger partial charge in [-0.05, 0) is 55.8 Å². The van der Waals surface area contributed by atoms with E-state index in [0.29, 0.717) is 37.8 Å². The number of amides is 2. The number of hydrogen-bond donors (Lipinski definition) is 6. The van der Waals surface area contributed by atoms with E-state index < -0.39 is 35.9 Å². The Morgan fingerprint density at radius 2 is 1.60 bits per heavy atom. The Kier molecular flexibility index (Phi) is 10.8. The van der Waals surface area contributed by atoms with E-state index in [1.165, 1.54) is 12.1 Å². The fourth-order valence-corrected chi connectivity index (χ4v) is 3.00. The first-order valence-corrected chi connectivity index (χ1v) is 10.2. The van der Waals surface area contributed by atoms with Crippen LogP contribution < -0.4 is 22.1 Å². The first-order chi connectivity index (χ1) is 14.1. The number of benzene rings is 1. The van der Waals surface area contributed by atoms with Gasteiger partial charge in [0.1, 0.15) is 17.8 Å². The van der Waals surface area contributed by atoms with E-state index >= 15 is 0 Å². The molecule has 0 radical (unpaired) electrons. The number of carboxylic acid groups (broad SMARTS) is 1. The minimum absolute atomic E-state index is 0.0394. The summed E-state index contributed by atoms with van der Waals surface area (Å²) >= 11 is 0. The van der Waals surface area contributed by atoms with Crippen LogP contribution in [-0.2, 0) is 20.8 Å². The van der Waals surface area contributed by atoms with Crippen LogP contribution in [0.4, 0.5) is 0 Å². The SMILES string of the molecule is CC(C)C[C@H](N)C(=O)N[C@@H](CCCCN)C(=O)N[C@@H](Cc1ccc(O)cc1)C(=O)O. The van der Waals surface area contributed by atoms with Crippen molar-refractivity contribution < 1.29 is 24.6 Å². The van der Waals surface area contributed by atoms with Crippen LogP contribution in [0, 0.1) is 5.92 Å². The average molecular weight is 423 g/mol. The number of hydrogen-bond acceptors (Lipinski definition) is 6. The lowest BCUT2D eigenvalue weighted by Gasteiger charge is -2.23. The molecule has 0 heterocycles. The minimum atomic E-state index is -1.19. The van der Waals surface area contributed by atoms with E-state index in [1.807, 2.05) is 13.8 Å². The van der Waals surface area contributed by atoms with E-state index in [1.54, 1.807) is 12.1 Å². The molecule has 3 atom stereocenters. The Bertz CT molecular complexity index is 693. The van der Waals surface area contributed by atoms with Gasteiger partial charge in [-0.25, -0.2) is 4.79 Å². The molecule has 0 aliphatic rings. The van der Waals surface area contributed by atoms with Crippen molar-refractivity contribution in [1.29, 1.82) is 0 Å². The first kappa shape index (κ1) is 25.4. The maximum atomic E-state index is 12.8. The van der Waals surface area contributed by atoms with Crippen LogP contribution >= 0.6 is 0 Å². The van der Waals surface area contributed by atoms with E-state index in [0.717, 1.165) is 0 Å². The molecule has 0 bridgehead atoms. The number of unbranched alkanes of at least 4 members (excludes halogenated alkanes) is 1. The molecule has 168 valence electrons. The minimum Gasteiger partial charge on any atom is -0.508 e. The van der Waals surface area contributed by atoms with E-state index in [-0.39, 0.29) is 18.1 Å². The highest BCUT2D eigenvalue weighted by Crippen LogP contribution is 2.12. The highest BCUT2D eigenvalue weighted by Gasteiger charge is 2.28. The van der Waals surface area contributed by atoms with Gasteiger partial charge in [0.05, 0.1) is 6.04 Å². The quantitative estimate of drug-likeness (QED) is 0.251. The Balaban J connectivity index is 2.84. The van der Waals surface area contributed by atoms with Crippen molar-refractivity contribution in [3.05, 3.63) is 29.8 Å². The number of phenolic OH excluding ortho intramolecular Hbond substituents is 1. The summed E-state index contributed by atoms with van der Waals surface area (Å²) in [5, 5.41) is 24.0. The molecule has 0 saturated carbocycles. The summed E-state index contributed by atoms with van der Waals surface area (Å²) in [6.07, 6.45) is 2.12. The predicted octanol–water partition coefficient (Wildman–Crippen LogP) is 0.491. The second kappa shape index (κ2) is 12.8. The number of rotatable bonds is 13. The molecule has 1 rings (SSSR count). The Morgan fingerprint density at radius 3 is 2.13 bits per heavy atom. The molecule has 0 aromatic heterocycles. The first-order valence-electron chi connectivity index (χ1n) is 10.2. The molecular formula is C21H34N4O5. The second-order valence-electron chi connectivity index (χ2n) is 7.85. The van der Waals surface area contributed by atoms with Crippen molar-refractivity contribution in [3.8, 4) is 5.75 Å². The third kappa shape index (κ3) is 9.23. The fraction of sp³-hybridized carbons (Fsp3) is 0.571. The number of carboxylic acids is 1. The summed E-state index contributed by atoms with van der Waals surface area (Å²) in [6, 6.07) is 3.24. The van der Waals surface area contributed by atoms with Gasteiger partial charge in [-0.1, -0.05) is 26.0 Å². The molecule has 9 heteroatoms. The van der Waals surface area contributed by atoms with Gasteiger partial charge in [0.25, 0.3) is 0 Å². The number of aromatic hydroxyl groups is 1. The van der Waals surface area contributed by atoms with Gasteiger partial charge in [0.2, 0.25) is 11.8 Å². The van der Waals surface area contributed by atoms with Gasteiger partial charge in [-0.2, -0.15) is 0 Å². The lowest BCUT2D eigenvalue weighted by Crippen LogP contribution is -2.55. The zero-order chi connectivity index (χ0) is 22.7. The van der Waals surface area contributed by atoms with Crippen molar-refractivity contribution in [3.63, 3.8) is 0 Å². The zero-order valence-corrected chi connectivity index (χ0v) is 17.6. The molecule has 1 aromatic carbocycles. The maximum Gasteiger partial charge on any atom is 0.326 e. The van der Waals surface area contributed by atoms with Crippen molar-refractivity contribution in [2.45, 2.75) is 64.1 Å². The normalized spacial score (nSPS) is 14.0. The van der Waals surface area contributed by atoms with Gasteiger partial charge < -0.3 is 32.3 Å². The lowest BCUT2D eigenvalue weighted by molar-refractivity contribution is -0.142. The Morgan fingerprint density at radius 1 is 1.00 bits per heavy atom. The summed E-state index contributed by atoms with van der Waals surface area (Å²) < 4.78 is 0. The van der Waals surface area contributed by atoms with Gasteiger partial charge in [0.15, 0.2) is 0 Å². The van der Waals surface area contributed by atoms with E-state index in [2.05, 4.69) is 10.6 Å². The molecule has 30 heavy (non-hydrogen) atoms. The topological polar surface area (TPSA) is 168 Å². The number of carbonyl (C=O) groups excluding carboxylic acids is 2. The van der Waals surface area contributed by atoms with Crippen molar-refractivity contribution in [2.75, 3.05) is 6.54 Å². The highest BCUT2D eigenvalue weighted by molar-refractivity contribution is 5.91. The molecule has 0 aliphatic carbocycles. The van der Waals surface area contributed by atoms with Gasteiger partial charge >= 0.3 is 5.97 Å². The number of aliphatic carboxylic acids is 1. The molecule has 0 saturated heterocycles. The van der Waals surface area contributed by atoms with Crippen LogP contribution in [0.3, 0.4) is 0 Å². The van der Waals surface area contributed by atoms with Gasteiger partial charge in [0, 0.05) is 6.42 Å². The van der Waals surface area contributed by atoms with Crippen molar-refractivity contribution >= 4 is 17.8 Å². The standard InChI is InChI=1S/C21H34N4O5/c1-13(2)11-16(23)19(27)24-17(5-3-4-10-22)20(28)25-18(21(29)30)12-14-6-8-15(26)9-7-14/h6-9,13,16-18,26H,3-5,10-12,22-23H2,1-2H3,(H,24,27)(H,25,28)(H,29,30)/t16-,17-,18-/m0/s1. The van der Waals surface area contributed by atoms with Crippen LogP contribution in [0.15, 0.2) is 24.3 Å². The molecule has 0 fully saturated rings. The number of nitrogens with one attached hydrogen (secondary N) is 2. The van der Waals surface area contributed by atoms with Crippen LogP contribution in [0.5, 0.6) is 5.75 Å². The van der Waals surface area contributed by atoms with E-state index in [9.17, 15) is 24.6 Å². The van der Waals surface area contributed by atoms with Gasteiger partial charge in [-0.3, -0.25) is 9.59 Å². The number of nitrogens with two attached hydrogens (primary N) is 2. The lowest BCUT2D eigenvalue weighted by atomic mass is 10.0. The number of phenols is 1. The molecule has 0 unspecified atom stereocenters. The maximum absolute atomic E-state index is 12.8. The molecular weight excluding hydrogens is 388 g/mol. The highest BCUT2D eigenvalue weighted by atomic mass is 16.4. The van der Waals surface area contributed by atoms with Crippen molar-refractivity contribution in [1.82, 2.24) is 10.6 Å². The summed E-state index contributed by atoms with van der Waals surface area (Å²) in [6.45, 7) is 4.34. The molecule has 8 N–H and O–H groups in total. The van der Waals surface area contributed by atoms with Crippen LogP contribution in [0.25, 0.3) is 0 Å². The average Bonchev–Trinajstić information content (AvgIpc) is 2.67. The fourth-order valence-electron chi connectivity index (χ4n) is 3.00. The molecule has 0 aliphatic heterocycles. The smallest absolute Gasteiger partial charge is 0.326 e. The number of carbonyl (C=O) groups is 3. The van der Waals surface area contributed by atoms with Crippen LogP contribution in [0.1, 0.15) is 45.1 Å². The van der Waals surface area contributed by atoms with Crippen molar-refractivity contribution in [2.24, 2.45) is 17.4 Å². The summed E-state index contributed by atoms with van der Waals surface area (Å²) in [5.41, 5.74) is 12.1. The predicted molar refractivity (Wildman–Crippen MR) is 114 cm³/mol. The van der Waals surface area contributed by atoms with Crippen LogP contribution in [-0.4, -0.2) is 52.7 Å². The Hall–Kier alpha value is -2.65. The summed E-state index contributed by atoms with van der Waals surface area (Å²) in [4.78, 5) is 36.8. The molecule has 9 nitrogen and oxygen atoms in total. The molecule has 0 spiro atoms. The Labute approximate surface area is 177 Å². The monoisotopic (exact) mass is 422 g/mol. The van der Waals surface area contributed by atoms with Gasteiger partial charge in [-0.15, -0.1) is 0 Å². The molecule has 1 aromatic rings. The summed E-state index contributed by atoms with van der Waals surface area (Å²) in [5.74, 6) is -1.93. The third-order valence-corrected chi connectivity index (χ3v) is 4.63. The third-order valence-electron chi connectivity index (χ3n) is 4.63. The molecule has 2 amide bonds. The zero-order valence-electron chi connectivity index (χ0n) is 17.6. The van der Waals surface area contributed by atoms with Crippen LogP contribution in [0.2, 0.25) is 0 Å². The largest absolute Gasteiger partial charge is 0.508 e. The van der Waals surface area contributed by atoms with E-state index in [4.69, 9.17) is 11.5 Å². The second-order valence-corrected chi connectivity index (χ2v) is 7.85. The summed E-state index contributed by atoms with van der Waals surface area (Å²) in [7, 11) is 0.